The zero-order chi connectivity index (χ0) is 19.5. The maximum atomic E-state index is 12.8. The monoisotopic (exact) mass is 372 g/mol. The fraction of sp³-hybridized carbons (Fsp3) is 0.250. The van der Waals surface area contributed by atoms with E-state index in [1.165, 1.54) is 0 Å². The Kier molecular flexibility index (Phi) is 5.11. The molecule has 2 amide bonds. The van der Waals surface area contributed by atoms with Crippen LogP contribution in [0.15, 0.2) is 72.8 Å². The van der Waals surface area contributed by atoms with Gasteiger partial charge in [0.2, 0.25) is 11.8 Å². The van der Waals surface area contributed by atoms with Gasteiger partial charge in [-0.1, -0.05) is 72.8 Å². The summed E-state index contributed by atoms with van der Waals surface area (Å²) in [6, 6.07) is 24.1. The van der Waals surface area contributed by atoms with E-state index in [0.717, 1.165) is 21.9 Å². The molecule has 1 aliphatic rings. The van der Waals surface area contributed by atoms with Crippen molar-refractivity contribution in [3.8, 4) is 0 Å². The standard InChI is InChI=1S/C24H24N2O2/c1-17(21-13-7-11-19-10-5-6-12-22(19)21)25-24(28)20-14-23(27)26(16-20)15-18-8-3-2-4-9-18/h2-13,17,20H,14-16H2,1H3,(H,25,28). The normalized spacial score (nSPS) is 17.7. The van der Waals surface area contributed by atoms with E-state index in [0.29, 0.717) is 13.1 Å². The van der Waals surface area contributed by atoms with E-state index in [2.05, 4.69) is 29.6 Å². The Bertz CT molecular complexity index is 994. The summed E-state index contributed by atoms with van der Waals surface area (Å²) in [4.78, 5) is 27.0. The van der Waals surface area contributed by atoms with Crippen LogP contribution in [0.5, 0.6) is 0 Å². The third-order valence-electron chi connectivity index (χ3n) is 5.45. The SMILES string of the molecule is CC(NC(=O)C1CC(=O)N(Cc2ccccc2)C1)c1cccc2ccccc12. The van der Waals surface area contributed by atoms with E-state index in [9.17, 15) is 9.59 Å². The molecule has 1 N–H and O–H groups in total. The summed E-state index contributed by atoms with van der Waals surface area (Å²) in [5, 5.41) is 5.42. The molecule has 28 heavy (non-hydrogen) atoms. The van der Waals surface area contributed by atoms with Gasteiger partial charge in [-0.25, -0.2) is 0 Å². The van der Waals surface area contributed by atoms with Crippen molar-refractivity contribution in [3.63, 3.8) is 0 Å². The maximum Gasteiger partial charge on any atom is 0.225 e. The molecule has 0 saturated carbocycles. The minimum Gasteiger partial charge on any atom is -0.349 e. The molecule has 0 bridgehead atoms. The summed E-state index contributed by atoms with van der Waals surface area (Å²) in [7, 11) is 0. The number of hydrogen-bond acceptors (Lipinski definition) is 2. The van der Waals surface area contributed by atoms with Crippen molar-refractivity contribution >= 4 is 22.6 Å². The second kappa shape index (κ2) is 7.85. The number of fused-ring (bicyclic) bond motifs is 1. The molecule has 0 radical (unpaired) electrons. The summed E-state index contributed by atoms with van der Waals surface area (Å²) in [5.41, 5.74) is 2.18. The Morgan fingerprint density at radius 3 is 2.57 bits per heavy atom. The summed E-state index contributed by atoms with van der Waals surface area (Å²) in [5.74, 6) is -0.306. The molecule has 3 aromatic rings. The molecule has 0 aromatic heterocycles. The molecule has 2 unspecified atom stereocenters. The van der Waals surface area contributed by atoms with Crippen molar-refractivity contribution in [1.29, 1.82) is 0 Å². The van der Waals surface area contributed by atoms with E-state index < -0.39 is 0 Å². The van der Waals surface area contributed by atoms with Gasteiger partial charge in [0.15, 0.2) is 0 Å². The van der Waals surface area contributed by atoms with Crippen LogP contribution in [0.3, 0.4) is 0 Å². The Balaban J connectivity index is 1.43. The highest BCUT2D eigenvalue weighted by molar-refractivity contribution is 5.90. The molecule has 4 rings (SSSR count). The van der Waals surface area contributed by atoms with Crippen molar-refractivity contribution in [2.24, 2.45) is 5.92 Å². The van der Waals surface area contributed by atoms with Gasteiger partial charge in [-0.3, -0.25) is 9.59 Å². The zero-order valence-electron chi connectivity index (χ0n) is 16.0. The number of likely N-dealkylation sites (tertiary alicyclic amines) is 1. The average Bonchev–Trinajstić information content (AvgIpc) is 3.09. The zero-order valence-corrected chi connectivity index (χ0v) is 16.0. The Morgan fingerprint density at radius 1 is 1.04 bits per heavy atom. The van der Waals surface area contributed by atoms with Crippen molar-refractivity contribution in [1.82, 2.24) is 10.2 Å². The number of carbonyl (C=O) groups excluding carboxylic acids is 2. The first-order valence-electron chi connectivity index (χ1n) is 9.71. The lowest BCUT2D eigenvalue weighted by molar-refractivity contribution is -0.129. The lowest BCUT2D eigenvalue weighted by Crippen LogP contribution is -2.34. The van der Waals surface area contributed by atoms with Crippen LogP contribution in [0.4, 0.5) is 0 Å². The fourth-order valence-corrected chi connectivity index (χ4v) is 3.94. The molecule has 1 fully saturated rings. The van der Waals surface area contributed by atoms with E-state index in [-0.39, 0.29) is 30.2 Å². The molecule has 1 aliphatic heterocycles. The third kappa shape index (κ3) is 3.77. The first kappa shape index (κ1) is 18.2. The largest absolute Gasteiger partial charge is 0.349 e. The molecule has 0 spiro atoms. The van der Waals surface area contributed by atoms with Crippen molar-refractivity contribution in [2.75, 3.05) is 6.54 Å². The first-order valence-corrected chi connectivity index (χ1v) is 9.71. The van der Waals surface area contributed by atoms with E-state index in [4.69, 9.17) is 0 Å². The quantitative estimate of drug-likeness (QED) is 0.734. The van der Waals surface area contributed by atoms with E-state index in [1.807, 2.05) is 55.5 Å². The maximum absolute atomic E-state index is 12.8. The van der Waals surface area contributed by atoms with Crippen LogP contribution in [0, 0.1) is 5.92 Å². The molecule has 1 saturated heterocycles. The Hall–Kier alpha value is -3.14. The van der Waals surface area contributed by atoms with E-state index in [1.54, 1.807) is 4.90 Å². The third-order valence-corrected chi connectivity index (χ3v) is 5.45. The molecular weight excluding hydrogens is 348 g/mol. The fourth-order valence-electron chi connectivity index (χ4n) is 3.94. The second-order valence-corrected chi connectivity index (χ2v) is 7.46. The minimum absolute atomic E-state index is 0.0433. The highest BCUT2D eigenvalue weighted by atomic mass is 16.2. The molecule has 4 heteroatoms. The molecule has 142 valence electrons. The van der Waals surface area contributed by atoms with E-state index >= 15 is 0 Å². The summed E-state index contributed by atoms with van der Waals surface area (Å²) in [6.45, 7) is 3.03. The first-order chi connectivity index (χ1) is 13.6. The number of carbonyl (C=O) groups is 2. The van der Waals surface area contributed by atoms with Crippen LogP contribution in [0.1, 0.15) is 30.5 Å². The smallest absolute Gasteiger partial charge is 0.225 e. The minimum atomic E-state index is -0.298. The van der Waals surface area contributed by atoms with Crippen LogP contribution < -0.4 is 5.32 Å². The molecule has 4 nitrogen and oxygen atoms in total. The van der Waals surface area contributed by atoms with Crippen LogP contribution in [0.25, 0.3) is 10.8 Å². The topological polar surface area (TPSA) is 49.4 Å². The van der Waals surface area contributed by atoms with Gasteiger partial charge in [0, 0.05) is 19.5 Å². The summed E-state index contributed by atoms with van der Waals surface area (Å²) < 4.78 is 0. The second-order valence-electron chi connectivity index (χ2n) is 7.46. The van der Waals surface area contributed by atoms with Gasteiger partial charge >= 0.3 is 0 Å². The highest BCUT2D eigenvalue weighted by Gasteiger charge is 2.34. The van der Waals surface area contributed by atoms with Crippen LogP contribution >= 0.6 is 0 Å². The number of amides is 2. The van der Waals surface area contributed by atoms with Crippen LogP contribution in [-0.2, 0) is 16.1 Å². The number of nitrogens with zero attached hydrogens (tertiary/aromatic N) is 1. The molecule has 2 atom stereocenters. The van der Waals surface area contributed by atoms with Crippen molar-refractivity contribution in [3.05, 3.63) is 83.9 Å². The van der Waals surface area contributed by atoms with Gasteiger partial charge in [-0.05, 0) is 28.8 Å². The van der Waals surface area contributed by atoms with Crippen molar-refractivity contribution in [2.45, 2.75) is 25.9 Å². The van der Waals surface area contributed by atoms with Crippen LogP contribution in [-0.4, -0.2) is 23.3 Å². The number of rotatable bonds is 5. The predicted octanol–water partition coefficient (Wildman–Crippen LogP) is 4.07. The van der Waals surface area contributed by atoms with Gasteiger partial charge < -0.3 is 10.2 Å². The van der Waals surface area contributed by atoms with Crippen LogP contribution in [0.2, 0.25) is 0 Å². The Labute approximate surface area is 165 Å². The van der Waals surface area contributed by atoms with Gasteiger partial charge in [-0.15, -0.1) is 0 Å². The summed E-state index contributed by atoms with van der Waals surface area (Å²) >= 11 is 0. The predicted molar refractivity (Wildman–Crippen MR) is 110 cm³/mol. The van der Waals surface area contributed by atoms with Crippen molar-refractivity contribution < 1.29 is 9.59 Å². The molecule has 3 aromatic carbocycles. The lowest BCUT2D eigenvalue weighted by atomic mass is 9.99. The highest BCUT2D eigenvalue weighted by Crippen LogP contribution is 2.26. The summed E-state index contributed by atoms with van der Waals surface area (Å²) in [6.07, 6.45) is 0.279. The molecule has 0 aliphatic carbocycles. The van der Waals surface area contributed by atoms with Gasteiger partial charge in [0.1, 0.15) is 0 Å². The number of benzene rings is 3. The van der Waals surface area contributed by atoms with Gasteiger partial charge in [-0.2, -0.15) is 0 Å². The van der Waals surface area contributed by atoms with Gasteiger partial charge in [0.25, 0.3) is 0 Å². The average molecular weight is 372 g/mol. The number of nitrogens with one attached hydrogen (secondary N) is 1. The molecule has 1 heterocycles. The Morgan fingerprint density at radius 2 is 1.75 bits per heavy atom. The molecular formula is C24H24N2O2. The van der Waals surface area contributed by atoms with Gasteiger partial charge in [0.05, 0.1) is 12.0 Å². The lowest BCUT2D eigenvalue weighted by Gasteiger charge is -2.20. The number of hydrogen-bond donors (Lipinski definition) is 1.